The fourth-order valence-corrected chi connectivity index (χ4v) is 4.41. The molecule has 1 rings (SSSR count). The van der Waals surface area contributed by atoms with Crippen molar-refractivity contribution in [3.63, 3.8) is 0 Å². The Balaban J connectivity index is 0.00000110. The molecule has 6 heteroatoms. The van der Waals surface area contributed by atoms with Crippen molar-refractivity contribution in [2.24, 2.45) is 5.41 Å². The molecular formula is C20H44O5Ti. The Morgan fingerprint density at radius 3 is 1.38 bits per heavy atom. The molecule has 0 aromatic rings. The molecule has 0 unspecified atom stereocenters. The number of ether oxygens (including phenoxy) is 1. The van der Waals surface area contributed by atoms with Gasteiger partial charge in [-0.05, 0) is 32.1 Å². The molecule has 5 nitrogen and oxygen atoms in total. The van der Waals surface area contributed by atoms with Crippen LogP contribution in [0.3, 0.4) is 0 Å². The summed E-state index contributed by atoms with van der Waals surface area (Å²) in [5.41, 5.74) is 0.701. The standard InChI is InChI=1S/C20H40O.4H2O.Ti/c1-5-9-13-19(14-10-6-2)17-18-21-20(19,15-11-7-3)16-12-8-4;;;;;/h5-18H2,1-4H3;4*1H2;/q;;;;;+4/p-4. The Bertz CT molecular complexity index is 296. The summed E-state index contributed by atoms with van der Waals surface area (Å²) in [5.74, 6) is 0. The molecule has 0 saturated carbocycles. The third kappa shape index (κ3) is 9.63. The van der Waals surface area contributed by atoms with Gasteiger partial charge >= 0.3 is 32.9 Å². The van der Waals surface area contributed by atoms with Crippen LogP contribution in [-0.4, -0.2) is 27.0 Å². The summed E-state index contributed by atoms with van der Waals surface area (Å²) in [7, 11) is 0. The zero-order valence-corrected chi connectivity index (χ0v) is 19.2. The van der Waals surface area contributed by atoms with Gasteiger partial charge in [-0.15, -0.1) is 0 Å². The molecule has 1 fully saturated rings. The second-order valence-corrected chi connectivity index (χ2v) is 9.76. The molecule has 0 aromatic carbocycles. The van der Waals surface area contributed by atoms with Crippen molar-refractivity contribution in [3.8, 4) is 0 Å². The van der Waals surface area contributed by atoms with Gasteiger partial charge in [0.1, 0.15) is 0 Å². The Morgan fingerprint density at radius 2 is 1.04 bits per heavy atom. The van der Waals surface area contributed by atoms with Gasteiger partial charge in [-0.2, -0.15) is 0 Å². The van der Waals surface area contributed by atoms with Crippen molar-refractivity contribution in [2.75, 3.05) is 6.61 Å². The third-order valence-corrected chi connectivity index (χ3v) is 5.81. The predicted molar refractivity (Wildman–Crippen MR) is 103 cm³/mol. The SMILES string of the molecule is CCCCC1(CCCC)CCOC1(CCCC)CCCC.[OH][Ti]([OH])([OH])[OH]. The van der Waals surface area contributed by atoms with Gasteiger partial charge in [0.25, 0.3) is 0 Å². The average molecular weight is 412 g/mol. The van der Waals surface area contributed by atoms with E-state index in [1.54, 1.807) is 0 Å². The van der Waals surface area contributed by atoms with Crippen LogP contribution in [0.2, 0.25) is 0 Å². The maximum absolute atomic E-state index is 7.38. The van der Waals surface area contributed by atoms with Crippen molar-refractivity contribution in [1.29, 1.82) is 0 Å². The van der Waals surface area contributed by atoms with Crippen molar-refractivity contribution < 1.29 is 37.6 Å². The first-order valence-electron chi connectivity index (χ1n) is 10.7. The molecule has 0 radical (unpaired) electrons. The van der Waals surface area contributed by atoms with Crippen molar-refractivity contribution in [1.82, 2.24) is 0 Å². The number of hydrogen-bond donors (Lipinski definition) is 4. The molecule has 4 N–H and O–H groups in total. The quantitative estimate of drug-likeness (QED) is 0.350. The number of unbranched alkanes of at least 4 members (excludes halogenated alkanes) is 4. The molecule has 1 saturated heterocycles. The second-order valence-electron chi connectivity index (χ2n) is 7.89. The molecule has 0 amide bonds. The summed E-state index contributed by atoms with van der Waals surface area (Å²) >= 11 is -5.00. The van der Waals surface area contributed by atoms with E-state index in [0.29, 0.717) is 5.41 Å². The van der Waals surface area contributed by atoms with Gasteiger partial charge in [0.15, 0.2) is 0 Å². The normalized spacial score (nSPS) is 18.5. The number of rotatable bonds is 12. The summed E-state index contributed by atoms with van der Waals surface area (Å²) in [5, 5.41) is 0. The van der Waals surface area contributed by atoms with Crippen LogP contribution in [0.15, 0.2) is 0 Å². The van der Waals surface area contributed by atoms with E-state index >= 15 is 0 Å². The zero-order chi connectivity index (χ0) is 20.1. The van der Waals surface area contributed by atoms with Crippen LogP contribution in [0.1, 0.15) is 111 Å². The minimum absolute atomic E-state index is 0.212. The summed E-state index contributed by atoms with van der Waals surface area (Å²) in [6.45, 7) is 10.3. The third-order valence-electron chi connectivity index (χ3n) is 5.81. The Morgan fingerprint density at radius 1 is 0.692 bits per heavy atom. The van der Waals surface area contributed by atoms with E-state index in [1.807, 2.05) is 0 Å². The topological polar surface area (TPSA) is 90.2 Å². The van der Waals surface area contributed by atoms with Gasteiger partial charge in [0, 0.05) is 12.0 Å². The fraction of sp³-hybridized carbons (Fsp3) is 1.00. The van der Waals surface area contributed by atoms with Crippen LogP contribution in [0.4, 0.5) is 0 Å². The molecule has 0 spiro atoms. The summed E-state index contributed by atoms with van der Waals surface area (Å²) < 4.78 is 36.1. The molecule has 0 atom stereocenters. The summed E-state index contributed by atoms with van der Waals surface area (Å²) in [6, 6.07) is 0. The van der Waals surface area contributed by atoms with Crippen molar-refractivity contribution >= 4 is 0 Å². The average Bonchev–Trinajstić information content (AvgIpc) is 2.92. The monoisotopic (exact) mass is 412 g/mol. The van der Waals surface area contributed by atoms with Crippen LogP contribution >= 0.6 is 0 Å². The van der Waals surface area contributed by atoms with Gasteiger partial charge in [-0.1, -0.05) is 79.1 Å². The maximum atomic E-state index is 7.38. The first-order valence-corrected chi connectivity index (χ1v) is 13.5. The Hall–Kier alpha value is 0.514. The fourth-order valence-electron chi connectivity index (χ4n) is 4.41. The molecule has 1 aliphatic rings. The van der Waals surface area contributed by atoms with E-state index in [0.717, 1.165) is 6.61 Å². The molecule has 0 aliphatic carbocycles. The van der Waals surface area contributed by atoms with E-state index < -0.39 is 18.1 Å². The van der Waals surface area contributed by atoms with E-state index in [4.69, 9.17) is 19.5 Å². The van der Waals surface area contributed by atoms with Gasteiger partial charge in [-0.25, -0.2) is 0 Å². The first kappa shape index (κ1) is 26.5. The molecular weight excluding hydrogens is 368 g/mol. The molecule has 158 valence electrons. The van der Waals surface area contributed by atoms with Gasteiger partial charge in [0.2, 0.25) is 0 Å². The van der Waals surface area contributed by atoms with Crippen LogP contribution in [0.5, 0.6) is 0 Å². The van der Waals surface area contributed by atoms with E-state index in [-0.39, 0.29) is 5.60 Å². The van der Waals surface area contributed by atoms with E-state index in [2.05, 4.69) is 27.7 Å². The molecule has 1 heterocycles. The predicted octanol–water partition coefficient (Wildman–Crippen LogP) is 4.66. The van der Waals surface area contributed by atoms with Crippen molar-refractivity contribution in [3.05, 3.63) is 0 Å². The van der Waals surface area contributed by atoms with E-state index in [9.17, 15) is 0 Å². The van der Waals surface area contributed by atoms with Crippen molar-refractivity contribution in [2.45, 2.75) is 117 Å². The molecule has 1 aliphatic heterocycles. The zero-order valence-electron chi connectivity index (χ0n) is 17.6. The van der Waals surface area contributed by atoms with Gasteiger partial charge in [-0.3, -0.25) is 0 Å². The summed E-state index contributed by atoms with van der Waals surface area (Å²) in [6.07, 6.45) is 17.4. The molecule has 26 heavy (non-hydrogen) atoms. The van der Waals surface area contributed by atoms with Gasteiger partial charge < -0.3 is 4.74 Å². The Kier molecular flexibility index (Phi) is 13.9. The molecule has 0 aromatic heterocycles. The second kappa shape index (κ2) is 13.7. The summed E-state index contributed by atoms with van der Waals surface area (Å²) in [4.78, 5) is 0. The minimum atomic E-state index is -5.00. The Labute approximate surface area is 166 Å². The van der Waals surface area contributed by atoms with Crippen LogP contribution in [0.25, 0.3) is 0 Å². The molecule has 0 bridgehead atoms. The van der Waals surface area contributed by atoms with Gasteiger partial charge in [0.05, 0.1) is 5.60 Å². The van der Waals surface area contributed by atoms with Crippen LogP contribution < -0.4 is 0 Å². The van der Waals surface area contributed by atoms with Crippen LogP contribution in [-0.2, 0) is 22.9 Å². The first-order chi connectivity index (χ1) is 12.2. The van der Waals surface area contributed by atoms with Crippen LogP contribution in [0, 0.1) is 5.41 Å². The number of hydrogen-bond acceptors (Lipinski definition) is 5. The van der Waals surface area contributed by atoms with E-state index in [1.165, 1.54) is 83.5 Å².